The first-order valence-electron chi connectivity index (χ1n) is 3.93. The Morgan fingerprint density at radius 1 is 1.33 bits per heavy atom. The lowest BCUT2D eigenvalue weighted by Crippen LogP contribution is -2.31. The lowest BCUT2D eigenvalue weighted by atomic mass is 10.1. The first-order chi connectivity index (χ1) is 5.74. The number of nitrogens with two attached hydrogens (primary N) is 2. The Bertz CT molecular complexity index is 250. The molecule has 1 rings (SSSR count). The molecular formula is C9H13FN2. The molecule has 1 aromatic carbocycles. The predicted molar refractivity (Wildman–Crippen MR) is 47.1 cm³/mol. The van der Waals surface area contributed by atoms with Gasteiger partial charge in [-0.2, -0.15) is 0 Å². The molecule has 0 saturated heterocycles. The Balaban J connectivity index is 2.69. The third kappa shape index (κ3) is 2.29. The first-order valence-corrected chi connectivity index (χ1v) is 3.93. The summed E-state index contributed by atoms with van der Waals surface area (Å²) < 4.78 is 13.0. The van der Waals surface area contributed by atoms with Crippen LogP contribution in [-0.4, -0.2) is 12.6 Å². The fourth-order valence-corrected chi connectivity index (χ4v) is 1.03. The summed E-state index contributed by atoms with van der Waals surface area (Å²) in [7, 11) is 0. The Morgan fingerprint density at radius 2 is 2.00 bits per heavy atom. The standard InChI is InChI=1S/C9H13FN2/c10-9-4-2-1-3-7(9)5-8(12)6-11/h1-4,8H,5-6,11-12H2/t8-/m0/s1. The lowest BCUT2D eigenvalue weighted by molar-refractivity contribution is 0.588. The van der Waals surface area contributed by atoms with Crippen molar-refractivity contribution < 1.29 is 4.39 Å². The number of halogens is 1. The van der Waals surface area contributed by atoms with Gasteiger partial charge in [0, 0.05) is 12.6 Å². The maximum atomic E-state index is 13.0. The molecule has 0 heterocycles. The van der Waals surface area contributed by atoms with Crippen LogP contribution >= 0.6 is 0 Å². The molecule has 0 bridgehead atoms. The monoisotopic (exact) mass is 168 g/mol. The molecule has 1 aromatic rings. The van der Waals surface area contributed by atoms with Crippen molar-refractivity contribution in [3.63, 3.8) is 0 Å². The number of hydrogen-bond donors (Lipinski definition) is 2. The highest BCUT2D eigenvalue weighted by molar-refractivity contribution is 5.18. The molecule has 0 spiro atoms. The van der Waals surface area contributed by atoms with Gasteiger partial charge in [-0.15, -0.1) is 0 Å². The van der Waals surface area contributed by atoms with Crippen molar-refractivity contribution >= 4 is 0 Å². The average Bonchev–Trinajstić information content (AvgIpc) is 2.09. The highest BCUT2D eigenvalue weighted by Gasteiger charge is 2.04. The number of hydrogen-bond acceptors (Lipinski definition) is 2. The van der Waals surface area contributed by atoms with Crippen LogP contribution in [0, 0.1) is 5.82 Å². The second kappa shape index (κ2) is 4.18. The smallest absolute Gasteiger partial charge is 0.126 e. The average molecular weight is 168 g/mol. The van der Waals surface area contributed by atoms with Crippen molar-refractivity contribution in [3.05, 3.63) is 35.6 Å². The zero-order chi connectivity index (χ0) is 8.97. The van der Waals surface area contributed by atoms with E-state index in [9.17, 15) is 4.39 Å². The topological polar surface area (TPSA) is 52.0 Å². The minimum atomic E-state index is -0.207. The van der Waals surface area contributed by atoms with Gasteiger partial charge >= 0.3 is 0 Å². The van der Waals surface area contributed by atoms with Crippen LogP contribution in [0.1, 0.15) is 5.56 Å². The summed E-state index contributed by atoms with van der Waals surface area (Å²) in [5.74, 6) is -0.207. The minimum Gasteiger partial charge on any atom is -0.329 e. The third-order valence-corrected chi connectivity index (χ3v) is 1.74. The van der Waals surface area contributed by atoms with Crippen molar-refractivity contribution in [2.75, 3.05) is 6.54 Å². The van der Waals surface area contributed by atoms with Crippen LogP contribution in [0.5, 0.6) is 0 Å². The van der Waals surface area contributed by atoms with E-state index in [1.165, 1.54) is 6.07 Å². The first kappa shape index (κ1) is 9.16. The minimum absolute atomic E-state index is 0.151. The van der Waals surface area contributed by atoms with Crippen LogP contribution < -0.4 is 11.5 Å². The van der Waals surface area contributed by atoms with Gasteiger partial charge in [0.2, 0.25) is 0 Å². The lowest BCUT2D eigenvalue weighted by Gasteiger charge is -2.08. The largest absolute Gasteiger partial charge is 0.329 e. The van der Waals surface area contributed by atoms with Gasteiger partial charge in [0.05, 0.1) is 0 Å². The van der Waals surface area contributed by atoms with E-state index >= 15 is 0 Å². The molecule has 12 heavy (non-hydrogen) atoms. The van der Waals surface area contributed by atoms with Crippen LogP contribution in [0.3, 0.4) is 0 Å². The zero-order valence-corrected chi connectivity index (χ0v) is 6.83. The highest BCUT2D eigenvalue weighted by atomic mass is 19.1. The van der Waals surface area contributed by atoms with E-state index in [2.05, 4.69) is 0 Å². The summed E-state index contributed by atoms with van der Waals surface area (Å²) in [5.41, 5.74) is 11.5. The molecule has 0 aromatic heterocycles. The molecule has 4 N–H and O–H groups in total. The van der Waals surface area contributed by atoms with E-state index in [1.54, 1.807) is 18.2 Å². The van der Waals surface area contributed by atoms with Crippen LogP contribution in [-0.2, 0) is 6.42 Å². The van der Waals surface area contributed by atoms with Crippen molar-refractivity contribution in [2.24, 2.45) is 11.5 Å². The summed E-state index contributed by atoms with van der Waals surface area (Å²) in [6, 6.07) is 6.46. The predicted octanol–water partition coefficient (Wildman–Crippen LogP) is 0.654. The van der Waals surface area contributed by atoms with Crippen molar-refractivity contribution in [2.45, 2.75) is 12.5 Å². The summed E-state index contributed by atoms with van der Waals surface area (Å²) in [6.45, 7) is 0.383. The normalized spacial score (nSPS) is 12.9. The molecule has 0 fully saturated rings. The maximum Gasteiger partial charge on any atom is 0.126 e. The number of benzene rings is 1. The van der Waals surface area contributed by atoms with Crippen molar-refractivity contribution in [1.29, 1.82) is 0 Å². The van der Waals surface area contributed by atoms with Crippen LogP contribution in [0.4, 0.5) is 4.39 Å². The molecule has 66 valence electrons. The Kier molecular flexibility index (Phi) is 3.19. The molecule has 0 aliphatic rings. The molecule has 0 saturated carbocycles. The number of rotatable bonds is 3. The Morgan fingerprint density at radius 3 is 2.58 bits per heavy atom. The van der Waals surface area contributed by atoms with E-state index < -0.39 is 0 Å². The van der Waals surface area contributed by atoms with E-state index in [0.717, 1.165) is 0 Å². The molecule has 0 radical (unpaired) electrons. The molecule has 0 amide bonds. The summed E-state index contributed by atoms with van der Waals surface area (Å²) >= 11 is 0. The van der Waals surface area contributed by atoms with E-state index in [1.807, 2.05) is 0 Å². The second-order valence-corrected chi connectivity index (χ2v) is 2.79. The van der Waals surface area contributed by atoms with Gasteiger partial charge in [0.15, 0.2) is 0 Å². The molecule has 0 unspecified atom stereocenters. The van der Waals surface area contributed by atoms with Gasteiger partial charge in [0.25, 0.3) is 0 Å². The Labute approximate surface area is 71.4 Å². The SMILES string of the molecule is NC[C@@H](N)Cc1ccccc1F. The van der Waals surface area contributed by atoms with E-state index in [-0.39, 0.29) is 11.9 Å². The van der Waals surface area contributed by atoms with E-state index in [0.29, 0.717) is 18.5 Å². The van der Waals surface area contributed by atoms with Gasteiger partial charge in [-0.1, -0.05) is 18.2 Å². The van der Waals surface area contributed by atoms with Crippen molar-refractivity contribution in [3.8, 4) is 0 Å². The van der Waals surface area contributed by atoms with Crippen LogP contribution in [0.2, 0.25) is 0 Å². The molecule has 1 atom stereocenters. The summed E-state index contributed by atoms with van der Waals surface area (Å²) in [4.78, 5) is 0. The van der Waals surface area contributed by atoms with Gasteiger partial charge < -0.3 is 11.5 Å². The fraction of sp³-hybridized carbons (Fsp3) is 0.333. The van der Waals surface area contributed by atoms with E-state index in [4.69, 9.17) is 11.5 Å². The molecule has 0 aliphatic heterocycles. The highest BCUT2D eigenvalue weighted by Crippen LogP contribution is 2.07. The van der Waals surface area contributed by atoms with Crippen LogP contribution in [0.25, 0.3) is 0 Å². The summed E-state index contributed by atoms with van der Waals surface area (Å²) in [6.07, 6.45) is 0.503. The quantitative estimate of drug-likeness (QED) is 0.696. The molecular weight excluding hydrogens is 155 g/mol. The van der Waals surface area contributed by atoms with Gasteiger partial charge in [-0.05, 0) is 18.1 Å². The van der Waals surface area contributed by atoms with Crippen LogP contribution in [0.15, 0.2) is 24.3 Å². The second-order valence-electron chi connectivity index (χ2n) is 2.79. The zero-order valence-electron chi connectivity index (χ0n) is 6.83. The van der Waals surface area contributed by atoms with Crippen molar-refractivity contribution in [1.82, 2.24) is 0 Å². The molecule has 3 heteroatoms. The maximum absolute atomic E-state index is 13.0. The third-order valence-electron chi connectivity index (χ3n) is 1.74. The molecule has 2 nitrogen and oxygen atoms in total. The summed E-state index contributed by atoms with van der Waals surface area (Å²) in [5, 5.41) is 0. The molecule has 0 aliphatic carbocycles. The Hall–Kier alpha value is -0.930. The van der Waals surface area contributed by atoms with Gasteiger partial charge in [-0.25, -0.2) is 4.39 Å². The van der Waals surface area contributed by atoms with Gasteiger partial charge in [0.1, 0.15) is 5.82 Å². The fourth-order valence-electron chi connectivity index (χ4n) is 1.03. The van der Waals surface area contributed by atoms with Gasteiger partial charge in [-0.3, -0.25) is 0 Å².